The molecule has 0 aliphatic rings. The Morgan fingerprint density at radius 1 is 1.40 bits per heavy atom. The van der Waals surface area contributed by atoms with Crippen LogP contribution in [0, 0.1) is 6.92 Å². The highest BCUT2D eigenvalue weighted by atomic mass is 16.1. The predicted molar refractivity (Wildman–Crippen MR) is 62.8 cm³/mol. The molecule has 2 nitrogen and oxygen atoms in total. The summed E-state index contributed by atoms with van der Waals surface area (Å²) in [5.41, 5.74) is 2.55. The van der Waals surface area contributed by atoms with Gasteiger partial charge >= 0.3 is 0 Å². The van der Waals surface area contributed by atoms with Crippen molar-refractivity contribution in [2.24, 2.45) is 0 Å². The van der Waals surface area contributed by atoms with Crippen molar-refractivity contribution in [3.8, 4) is 0 Å². The first kappa shape index (κ1) is 11.8. The van der Waals surface area contributed by atoms with Crippen LogP contribution in [0.2, 0.25) is 0 Å². The third-order valence-electron chi connectivity index (χ3n) is 2.30. The van der Waals surface area contributed by atoms with Gasteiger partial charge in [-0.1, -0.05) is 36.8 Å². The molecule has 2 heteroatoms. The molecular formula is C13H19NO. The van der Waals surface area contributed by atoms with Gasteiger partial charge < -0.3 is 5.32 Å². The lowest BCUT2D eigenvalue weighted by Gasteiger charge is -2.04. The Kier molecular flexibility index (Phi) is 4.88. The first-order valence-electron chi connectivity index (χ1n) is 5.54. The van der Waals surface area contributed by atoms with Crippen molar-refractivity contribution < 1.29 is 4.79 Å². The first-order valence-corrected chi connectivity index (χ1v) is 5.54. The largest absolute Gasteiger partial charge is 0.356 e. The van der Waals surface area contributed by atoms with Gasteiger partial charge in [0, 0.05) is 13.0 Å². The lowest BCUT2D eigenvalue weighted by molar-refractivity contribution is -0.121. The van der Waals surface area contributed by atoms with Gasteiger partial charge in [0.05, 0.1) is 0 Å². The predicted octanol–water partition coefficient (Wildman–Crippen LogP) is 2.45. The number of benzene rings is 1. The molecule has 0 unspecified atom stereocenters. The monoisotopic (exact) mass is 205 g/mol. The van der Waals surface area contributed by atoms with Crippen molar-refractivity contribution in [2.75, 3.05) is 6.54 Å². The van der Waals surface area contributed by atoms with E-state index in [0.717, 1.165) is 19.4 Å². The van der Waals surface area contributed by atoms with E-state index in [1.807, 2.05) is 6.92 Å². The molecule has 0 aliphatic carbocycles. The van der Waals surface area contributed by atoms with Crippen molar-refractivity contribution in [2.45, 2.75) is 33.1 Å². The summed E-state index contributed by atoms with van der Waals surface area (Å²) in [6, 6.07) is 8.39. The van der Waals surface area contributed by atoms with E-state index in [1.54, 1.807) is 0 Å². The van der Waals surface area contributed by atoms with E-state index in [4.69, 9.17) is 0 Å². The molecule has 0 atom stereocenters. The van der Waals surface area contributed by atoms with Crippen LogP contribution >= 0.6 is 0 Å². The molecule has 1 amide bonds. The van der Waals surface area contributed by atoms with Gasteiger partial charge in [-0.3, -0.25) is 4.79 Å². The summed E-state index contributed by atoms with van der Waals surface area (Å²) in [7, 11) is 0. The van der Waals surface area contributed by atoms with Crippen molar-refractivity contribution in [3.05, 3.63) is 35.4 Å². The first-order chi connectivity index (χ1) is 7.22. The molecule has 15 heavy (non-hydrogen) atoms. The van der Waals surface area contributed by atoms with E-state index in [9.17, 15) is 4.79 Å². The molecule has 1 N–H and O–H groups in total. The van der Waals surface area contributed by atoms with E-state index >= 15 is 0 Å². The minimum atomic E-state index is 0.158. The third kappa shape index (κ3) is 4.63. The van der Waals surface area contributed by atoms with Crippen LogP contribution in [0.4, 0.5) is 0 Å². The fourth-order valence-electron chi connectivity index (χ4n) is 1.53. The summed E-state index contributed by atoms with van der Waals surface area (Å²) in [5, 5.41) is 2.91. The van der Waals surface area contributed by atoms with E-state index in [-0.39, 0.29) is 5.91 Å². The average molecular weight is 205 g/mol. The smallest absolute Gasteiger partial charge is 0.219 e. The van der Waals surface area contributed by atoms with Gasteiger partial charge in [-0.25, -0.2) is 0 Å². The molecule has 0 bridgehead atoms. The van der Waals surface area contributed by atoms with Gasteiger partial charge in [0.1, 0.15) is 0 Å². The maximum atomic E-state index is 11.2. The van der Waals surface area contributed by atoms with Crippen LogP contribution in [0.15, 0.2) is 24.3 Å². The van der Waals surface area contributed by atoms with Crippen LogP contribution in [-0.2, 0) is 11.2 Å². The topological polar surface area (TPSA) is 29.1 Å². The second-order valence-electron chi connectivity index (χ2n) is 3.84. The number of nitrogens with one attached hydrogen (secondary N) is 1. The molecule has 0 radical (unpaired) electrons. The zero-order chi connectivity index (χ0) is 11.1. The van der Waals surface area contributed by atoms with Crippen molar-refractivity contribution in [1.29, 1.82) is 0 Å². The van der Waals surface area contributed by atoms with Crippen LogP contribution in [0.1, 0.15) is 30.9 Å². The zero-order valence-electron chi connectivity index (χ0n) is 9.55. The Hall–Kier alpha value is -1.31. The fourth-order valence-corrected chi connectivity index (χ4v) is 1.53. The lowest BCUT2D eigenvalue weighted by atomic mass is 10.1. The molecule has 0 heterocycles. The molecule has 0 saturated carbocycles. The molecule has 0 aromatic heterocycles. The van der Waals surface area contributed by atoms with Crippen molar-refractivity contribution in [3.63, 3.8) is 0 Å². The maximum absolute atomic E-state index is 11.2. The van der Waals surface area contributed by atoms with Crippen LogP contribution in [0.3, 0.4) is 0 Å². The zero-order valence-corrected chi connectivity index (χ0v) is 9.55. The number of carbonyl (C=O) groups excluding carboxylic acids is 1. The van der Waals surface area contributed by atoms with E-state index in [1.165, 1.54) is 11.1 Å². The van der Waals surface area contributed by atoms with Gasteiger partial charge in [0.2, 0.25) is 5.91 Å². The second kappa shape index (κ2) is 6.23. The molecule has 0 saturated heterocycles. The third-order valence-corrected chi connectivity index (χ3v) is 2.30. The van der Waals surface area contributed by atoms with E-state index < -0.39 is 0 Å². The highest BCUT2D eigenvalue weighted by Gasteiger charge is 1.98. The number of hydrogen-bond donors (Lipinski definition) is 1. The van der Waals surface area contributed by atoms with Crippen molar-refractivity contribution >= 4 is 5.91 Å². The van der Waals surface area contributed by atoms with E-state index in [2.05, 4.69) is 36.5 Å². The highest BCUT2D eigenvalue weighted by Crippen LogP contribution is 2.03. The quantitative estimate of drug-likeness (QED) is 0.786. The van der Waals surface area contributed by atoms with Gasteiger partial charge in [-0.2, -0.15) is 0 Å². The molecule has 0 aliphatic heterocycles. The molecule has 1 aromatic rings. The molecular weight excluding hydrogens is 186 g/mol. The van der Waals surface area contributed by atoms with Gasteiger partial charge in [-0.15, -0.1) is 0 Å². The van der Waals surface area contributed by atoms with E-state index in [0.29, 0.717) is 6.42 Å². The van der Waals surface area contributed by atoms with Gasteiger partial charge in [0.25, 0.3) is 0 Å². The number of amides is 1. The SMILES string of the molecule is CCCC(=O)NCCc1cccc(C)c1. The fraction of sp³-hybridized carbons (Fsp3) is 0.462. The summed E-state index contributed by atoms with van der Waals surface area (Å²) in [4.78, 5) is 11.2. The molecule has 1 rings (SSSR count). The minimum absolute atomic E-state index is 0.158. The van der Waals surface area contributed by atoms with Gasteiger partial charge in [0.15, 0.2) is 0 Å². The molecule has 0 fully saturated rings. The normalized spacial score (nSPS) is 10.0. The summed E-state index contributed by atoms with van der Waals surface area (Å²) < 4.78 is 0. The molecule has 0 spiro atoms. The standard InChI is InChI=1S/C13H19NO/c1-3-5-13(15)14-9-8-12-7-4-6-11(2)10-12/h4,6-7,10H,3,5,8-9H2,1-2H3,(H,14,15). The lowest BCUT2D eigenvalue weighted by Crippen LogP contribution is -2.25. The number of rotatable bonds is 5. The molecule has 1 aromatic carbocycles. The van der Waals surface area contributed by atoms with Gasteiger partial charge in [-0.05, 0) is 25.3 Å². The summed E-state index contributed by atoms with van der Waals surface area (Å²) in [6.45, 7) is 4.83. The Labute approximate surface area is 91.7 Å². The Balaban J connectivity index is 2.28. The molecule has 82 valence electrons. The summed E-state index contributed by atoms with van der Waals surface area (Å²) >= 11 is 0. The highest BCUT2D eigenvalue weighted by molar-refractivity contribution is 5.75. The Morgan fingerprint density at radius 2 is 2.20 bits per heavy atom. The average Bonchev–Trinajstić information content (AvgIpc) is 2.18. The Bertz CT molecular complexity index is 320. The van der Waals surface area contributed by atoms with Crippen LogP contribution < -0.4 is 5.32 Å². The number of aryl methyl sites for hydroxylation is 1. The number of hydrogen-bond acceptors (Lipinski definition) is 1. The van der Waals surface area contributed by atoms with Crippen molar-refractivity contribution in [1.82, 2.24) is 5.32 Å². The van der Waals surface area contributed by atoms with Crippen LogP contribution in [-0.4, -0.2) is 12.5 Å². The van der Waals surface area contributed by atoms with Crippen LogP contribution in [0.5, 0.6) is 0 Å². The minimum Gasteiger partial charge on any atom is -0.356 e. The Morgan fingerprint density at radius 3 is 2.87 bits per heavy atom. The summed E-state index contributed by atoms with van der Waals surface area (Å²) in [6.07, 6.45) is 2.46. The van der Waals surface area contributed by atoms with Crippen LogP contribution in [0.25, 0.3) is 0 Å². The number of carbonyl (C=O) groups is 1. The summed E-state index contributed by atoms with van der Waals surface area (Å²) in [5.74, 6) is 0.158. The maximum Gasteiger partial charge on any atom is 0.219 e. The second-order valence-corrected chi connectivity index (χ2v) is 3.84.